The zero-order chi connectivity index (χ0) is 21.0. The minimum absolute atomic E-state index is 0.266. The van der Waals surface area contributed by atoms with Crippen molar-refractivity contribution in [2.75, 3.05) is 32.0 Å². The Balaban J connectivity index is 1.30. The number of rotatable bonds is 5. The molecular formula is C24H24N6O. The maximum absolute atomic E-state index is 5.70. The Morgan fingerprint density at radius 2 is 1.87 bits per heavy atom. The van der Waals surface area contributed by atoms with Crippen molar-refractivity contribution < 1.29 is 4.74 Å². The highest BCUT2D eigenvalue weighted by atomic mass is 16.5. The van der Waals surface area contributed by atoms with E-state index < -0.39 is 0 Å². The number of aromatic amines is 1. The Morgan fingerprint density at radius 1 is 1.03 bits per heavy atom. The molecule has 0 bridgehead atoms. The van der Waals surface area contributed by atoms with E-state index in [9.17, 15) is 0 Å². The van der Waals surface area contributed by atoms with Crippen molar-refractivity contribution in [1.82, 2.24) is 25.1 Å². The quantitative estimate of drug-likeness (QED) is 0.520. The molecule has 3 N–H and O–H groups in total. The number of fused-ring (bicyclic) bond motifs is 1. The van der Waals surface area contributed by atoms with Crippen molar-refractivity contribution >= 4 is 29.0 Å². The maximum Gasteiger partial charge on any atom is 0.220 e. The first-order valence-electron chi connectivity index (χ1n) is 10.4. The first-order chi connectivity index (χ1) is 15.2. The van der Waals surface area contributed by atoms with Gasteiger partial charge in [0.25, 0.3) is 0 Å². The van der Waals surface area contributed by atoms with Gasteiger partial charge in [-0.1, -0.05) is 36.4 Å². The smallest absolute Gasteiger partial charge is 0.220 e. The van der Waals surface area contributed by atoms with Crippen LogP contribution in [0.4, 0.5) is 5.95 Å². The highest BCUT2D eigenvalue weighted by Gasteiger charge is 2.10. The van der Waals surface area contributed by atoms with Crippen molar-refractivity contribution in [1.29, 1.82) is 0 Å². The number of H-pyrrole nitrogens is 1. The number of benzene rings is 2. The molecule has 1 aliphatic heterocycles. The Hall–Kier alpha value is -3.55. The van der Waals surface area contributed by atoms with Gasteiger partial charge < -0.3 is 10.5 Å². The molecule has 0 saturated carbocycles. The first kappa shape index (κ1) is 19.4. The third-order valence-electron chi connectivity index (χ3n) is 5.49. The van der Waals surface area contributed by atoms with Crippen LogP contribution in [0.2, 0.25) is 0 Å². The summed E-state index contributed by atoms with van der Waals surface area (Å²) in [6.07, 6.45) is 5.79. The fourth-order valence-electron chi connectivity index (χ4n) is 3.79. The summed E-state index contributed by atoms with van der Waals surface area (Å²) < 4.78 is 5.42. The van der Waals surface area contributed by atoms with E-state index >= 15 is 0 Å². The molecule has 2 aromatic carbocycles. The molecule has 7 heteroatoms. The molecule has 4 aromatic rings. The molecule has 0 amide bonds. The van der Waals surface area contributed by atoms with Crippen molar-refractivity contribution in [3.8, 4) is 11.3 Å². The van der Waals surface area contributed by atoms with E-state index in [0.717, 1.165) is 66.3 Å². The molecule has 1 saturated heterocycles. The number of anilines is 1. The Labute approximate surface area is 180 Å². The number of nitrogens with two attached hydrogens (primary N) is 1. The molecule has 1 fully saturated rings. The van der Waals surface area contributed by atoms with E-state index in [-0.39, 0.29) is 5.95 Å². The number of morpholine rings is 1. The van der Waals surface area contributed by atoms with Crippen LogP contribution in [0, 0.1) is 0 Å². The minimum Gasteiger partial charge on any atom is -0.379 e. The van der Waals surface area contributed by atoms with E-state index in [1.807, 2.05) is 24.3 Å². The van der Waals surface area contributed by atoms with Crippen molar-refractivity contribution in [3.05, 3.63) is 71.5 Å². The summed E-state index contributed by atoms with van der Waals surface area (Å²) in [4.78, 5) is 10.7. The number of aromatic nitrogens is 4. The average Bonchev–Trinajstić information content (AvgIpc) is 3.22. The molecule has 156 valence electrons. The zero-order valence-corrected chi connectivity index (χ0v) is 17.2. The van der Waals surface area contributed by atoms with Crippen LogP contribution >= 0.6 is 0 Å². The maximum atomic E-state index is 5.70. The zero-order valence-electron chi connectivity index (χ0n) is 17.2. The minimum atomic E-state index is 0.266. The van der Waals surface area contributed by atoms with Gasteiger partial charge in [-0.2, -0.15) is 5.10 Å². The number of nitrogens with zero attached hydrogens (tertiary/aromatic N) is 4. The third kappa shape index (κ3) is 4.47. The number of nitrogen functional groups attached to an aromatic ring is 1. The SMILES string of the molecule is Nc1nccc(-c2ccc3c(/C=C/c4ccc(CN5CCOCC5)cc4)n[nH]c3c2)n1. The first-order valence-corrected chi connectivity index (χ1v) is 10.4. The second kappa shape index (κ2) is 8.67. The summed E-state index contributed by atoms with van der Waals surface area (Å²) in [5, 5.41) is 8.64. The van der Waals surface area contributed by atoms with Gasteiger partial charge >= 0.3 is 0 Å². The lowest BCUT2D eigenvalue weighted by molar-refractivity contribution is 0.0342. The van der Waals surface area contributed by atoms with E-state index in [0.29, 0.717) is 0 Å². The monoisotopic (exact) mass is 412 g/mol. The fraction of sp³-hybridized carbons (Fsp3) is 0.208. The van der Waals surface area contributed by atoms with E-state index in [1.54, 1.807) is 6.20 Å². The largest absolute Gasteiger partial charge is 0.379 e. The van der Waals surface area contributed by atoms with Gasteiger partial charge in [-0.05, 0) is 35.4 Å². The number of nitrogens with one attached hydrogen (secondary N) is 1. The van der Waals surface area contributed by atoms with Gasteiger partial charge in [0, 0.05) is 36.8 Å². The van der Waals surface area contributed by atoms with E-state index in [1.165, 1.54) is 5.56 Å². The second-order valence-electron chi connectivity index (χ2n) is 7.63. The molecule has 7 nitrogen and oxygen atoms in total. The normalized spacial score (nSPS) is 15.1. The Bertz CT molecular complexity index is 1210. The third-order valence-corrected chi connectivity index (χ3v) is 5.49. The molecule has 0 spiro atoms. The van der Waals surface area contributed by atoms with Gasteiger partial charge in [-0.15, -0.1) is 0 Å². The van der Waals surface area contributed by atoms with Gasteiger partial charge in [0.2, 0.25) is 5.95 Å². The van der Waals surface area contributed by atoms with Crippen molar-refractivity contribution in [2.24, 2.45) is 0 Å². The molecular weight excluding hydrogens is 388 g/mol. The standard InChI is InChI=1S/C24H24N6O/c25-24-26-10-9-21(27-24)19-6-7-20-22(28-29-23(20)15-19)8-5-17-1-3-18(4-2-17)16-30-11-13-31-14-12-30/h1-10,15H,11-14,16H2,(H,28,29)(H2,25,26,27)/b8-5+. The predicted molar refractivity (Wildman–Crippen MR) is 123 cm³/mol. The fourth-order valence-corrected chi connectivity index (χ4v) is 3.79. The molecule has 1 aliphatic rings. The van der Waals surface area contributed by atoms with Gasteiger partial charge in [0.05, 0.1) is 30.1 Å². The lowest BCUT2D eigenvalue weighted by Crippen LogP contribution is -2.35. The van der Waals surface area contributed by atoms with Gasteiger partial charge in [0.1, 0.15) is 0 Å². The van der Waals surface area contributed by atoms with Gasteiger partial charge in [-0.25, -0.2) is 9.97 Å². The summed E-state index contributed by atoms with van der Waals surface area (Å²) in [6.45, 7) is 4.62. The second-order valence-corrected chi connectivity index (χ2v) is 7.63. The summed E-state index contributed by atoms with van der Waals surface area (Å²) in [5.74, 6) is 0.266. The number of ether oxygens (including phenoxy) is 1. The van der Waals surface area contributed by atoms with Crippen molar-refractivity contribution in [3.63, 3.8) is 0 Å². The van der Waals surface area contributed by atoms with Gasteiger partial charge in [0.15, 0.2) is 0 Å². The lowest BCUT2D eigenvalue weighted by atomic mass is 10.1. The van der Waals surface area contributed by atoms with Crippen LogP contribution in [0.3, 0.4) is 0 Å². The molecule has 0 aliphatic carbocycles. The predicted octanol–water partition coefficient (Wildman–Crippen LogP) is 3.60. The Kier molecular flexibility index (Phi) is 5.43. The molecule has 31 heavy (non-hydrogen) atoms. The van der Waals surface area contributed by atoms with Crippen LogP contribution in [0.15, 0.2) is 54.7 Å². The van der Waals surface area contributed by atoms with Crippen LogP contribution in [0.1, 0.15) is 16.8 Å². The van der Waals surface area contributed by atoms with Crippen LogP contribution in [-0.4, -0.2) is 51.4 Å². The average molecular weight is 412 g/mol. The molecule has 3 heterocycles. The molecule has 0 atom stereocenters. The summed E-state index contributed by atoms with van der Waals surface area (Å²) in [5.41, 5.74) is 11.8. The molecule has 0 radical (unpaired) electrons. The molecule has 5 rings (SSSR count). The number of hydrogen-bond acceptors (Lipinski definition) is 6. The highest BCUT2D eigenvalue weighted by Crippen LogP contribution is 2.25. The van der Waals surface area contributed by atoms with Crippen molar-refractivity contribution in [2.45, 2.75) is 6.54 Å². The van der Waals surface area contributed by atoms with Crippen LogP contribution in [0.5, 0.6) is 0 Å². The van der Waals surface area contributed by atoms with Gasteiger partial charge in [-0.3, -0.25) is 10.00 Å². The summed E-state index contributed by atoms with van der Waals surface area (Å²) >= 11 is 0. The lowest BCUT2D eigenvalue weighted by Gasteiger charge is -2.26. The number of hydrogen-bond donors (Lipinski definition) is 2. The van der Waals surface area contributed by atoms with Crippen LogP contribution < -0.4 is 5.73 Å². The topological polar surface area (TPSA) is 93.0 Å². The summed E-state index contributed by atoms with van der Waals surface area (Å²) in [6, 6.07) is 16.6. The van der Waals surface area contributed by atoms with E-state index in [4.69, 9.17) is 10.5 Å². The highest BCUT2D eigenvalue weighted by molar-refractivity contribution is 5.91. The van der Waals surface area contributed by atoms with E-state index in [2.05, 4.69) is 61.5 Å². The molecule has 2 aromatic heterocycles. The Morgan fingerprint density at radius 3 is 2.68 bits per heavy atom. The van der Waals surface area contributed by atoms with Crippen LogP contribution in [-0.2, 0) is 11.3 Å². The summed E-state index contributed by atoms with van der Waals surface area (Å²) in [7, 11) is 0. The van der Waals surface area contributed by atoms with Crippen LogP contribution in [0.25, 0.3) is 34.3 Å². The molecule has 0 unspecified atom stereocenters.